The molecule has 1 aliphatic rings. The number of aliphatic hydroxyl groups excluding tert-OH is 1. The van der Waals surface area contributed by atoms with E-state index in [4.69, 9.17) is 14.0 Å². The monoisotopic (exact) mass is 336 g/mol. The number of carbonyl (C=O) groups excluding carboxylic acids is 1. The minimum Gasteiger partial charge on any atom is -0.460 e. The zero-order chi connectivity index (χ0) is 9.84. The highest BCUT2D eigenvalue weighted by Crippen LogP contribution is 2.58. The van der Waals surface area contributed by atoms with Crippen LogP contribution in [-0.2, 0) is 13.7 Å². The van der Waals surface area contributed by atoms with Crippen LogP contribution in [0.25, 0.3) is 0 Å². The van der Waals surface area contributed by atoms with Crippen LogP contribution in [0.2, 0.25) is 0 Å². The summed E-state index contributed by atoms with van der Waals surface area (Å²) in [4.78, 5) is 10.8. The lowest BCUT2D eigenvalue weighted by molar-refractivity contribution is -0.146. The summed E-state index contributed by atoms with van der Waals surface area (Å²) in [5.41, 5.74) is 0. The van der Waals surface area contributed by atoms with Crippen molar-refractivity contribution in [2.75, 3.05) is 13.3 Å². The first-order chi connectivity index (χ1) is 6.13. The number of rotatable bonds is 4. The van der Waals surface area contributed by atoms with E-state index in [1.165, 1.54) is 11.7 Å². The van der Waals surface area contributed by atoms with Gasteiger partial charge in [0.1, 0.15) is 6.10 Å². The highest BCUT2D eigenvalue weighted by Gasteiger charge is 2.33. The maximum Gasteiger partial charge on any atom is 0.335 e. The van der Waals surface area contributed by atoms with Crippen LogP contribution < -0.4 is 0 Å². The van der Waals surface area contributed by atoms with Gasteiger partial charge in [-0.1, -0.05) is 0 Å². The van der Waals surface area contributed by atoms with Gasteiger partial charge >= 0.3 is 5.97 Å². The molecule has 0 aromatic rings. The molecule has 13 heavy (non-hydrogen) atoms. The first-order valence-electron chi connectivity index (χ1n) is 3.66. The third-order valence-electron chi connectivity index (χ3n) is 1.54. The highest BCUT2D eigenvalue weighted by molar-refractivity contribution is 14.2. The quantitative estimate of drug-likeness (QED) is 0.367. The van der Waals surface area contributed by atoms with Gasteiger partial charge in [0.05, 0.1) is 11.9 Å². The summed E-state index contributed by atoms with van der Waals surface area (Å²) in [5.74, 6) is -0.493. The molecule has 0 spiro atoms. The number of halogens is 1. The average Bonchev–Trinajstić information content (AvgIpc) is 2.31. The van der Waals surface area contributed by atoms with Crippen molar-refractivity contribution in [1.29, 1.82) is 0 Å². The number of ether oxygens (including phenoxy) is 1. The Hall–Kier alpha value is 0.900. The van der Waals surface area contributed by atoms with Crippen LogP contribution in [0.1, 0.15) is 6.42 Å². The summed E-state index contributed by atoms with van der Waals surface area (Å²) in [6, 6.07) is 0. The summed E-state index contributed by atoms with van der Waals surface area (Å²) >= 11 is 3.67. The maximum atomic E-state index is 10.8. The molecule has 1 fully saturated rings. The molecule has 1 heterocycles. The number of carbonyl (C=O) groups is 1. The largest absolute Gasteiger partial charge is 0.460 e. The summed E-state index contributed by atoms with van der Waals surface area (Å²) in [6.45, 7) is 0. The Labute approximate surface area is 94.9 Å². The fourth-order valence-corrected chi connectivity index (χ4v) is 5.72. The van der Waals surface area contributed by atoms with Gasteiger partial charge in [-0.15, -0.1) is 0 Å². The standard InChI is InChI=1S/C6H10IO4PS/c1-10-13-12(7)3-4-2-5(8)6(9)11-4/h4-5,8H,2-3H2,1H3. The van der Waals surface area contributed by atoms with Crippen LogP contribution in [0.15, 0.2) is 0 Å². The van der Waals surface area contributed by atoms with Gasteiger partial charge in [0, 0.05) is 24.2 Å². The maximum absolute atomic E-state index is 10.8. The number of hydrogen-bond donors (Lipinski definition) is 1. The third kappa shape index (κ3) is 3.87. The minimum atomic E-state index is -0.919. The highest BCUT2D eigenvalue weighted by atomic mass is 127. The lowest BCUT2D eigenvalue weighted by Gasteiger charge is -2.11. The third-order valence-corrected chi connectivity index (χ3v) is 6.56. The molecule has 1 rings (SSSR count). The molecular weight excluding hydrogens is 326 g/mol. The van der Waals surface area contributed by atoms with Crippen LogP contribution in [0.3, 0.4) is 0 Å². The van der Waals surface area contributed by atoms with Crippen molar-refractivity contribution in [3.05, 3.63) is 0 Å². The molecule has 1 N–H and O–H groups in total. The summed E-state index contributed by atoms with van der Waals surface area (Å²) < 4.78 is 9.49. The molecule has 7 heteroatoms. The van der Waals surface area contributed by atoms with Crippen molar-refractivity contribution in [2.24, 2.45) is 0 Å². The van der Waals surface area contributed by atoms with Crippen LogP contribution in [0.5, 0.6) is 0 Å². The molecule has 0 aliphatic carbocycles. The van der Waals surface area contributed by atoms with Gasteiger partial charge in [-0.2, -0.15) is 0 Å². The smallest absolute Gasteiger partial charge is 0.335 e. The number of hydrogen-bond acceptors (Lipinski definition) is 5. The molecule has 0 saturated carbocycles. The van der Waals surface area contributed by atoms with E-state index < -0.39 is 12.1 Å². The summed E-state index contributed by atoms with van der Waals surface area (Å²) in [7, 11) is 1.62. The lowest BCUT2D eigenvalue weighted by Crippen LogP contribution is -2.11. The van der Waals surface area contributed by atoms with Gasteiger partial charge in [-0.25, -0.2) is 4.79 Å². The van der Waals surface area contributed by atoms with Crippen LogP contribution >= 0.6 is 38.5 Å². The van der Waals surface area contributed by atoms with E-state index in [1.54, 1.807) is 7.11 Å². The average molecular weight is 336 g/mol. The molecule has 76 valence electrons. The van der Waals surface area contributed by atoms with E-state index in [0.29, 0.717) is 6.42 Å². The number of cyclic esters (lactones) is 1. The Morgan fingerprint density at radius 1 is 1.92 bits per heavy atom. The normalized spacial score (nSPS) is 30.2. The van der Waals surface area contributed by atoms with E-state index in [1.807, 2.05) is 0 Å². The van der Waals surface area contributed by atoms with E-state index in [9.17, 15) is 4.79 Å². The predicted molar refractivity (Wildman–Crippen MR) is 60.9 cm³/mol. The SMILES string of the molecule is COSP(I)CC1CC(O)C(=O)O1. The van der Waals surface area contributed by atoms with E-state index in [0.717, 1.165) is 6.16 Å². The van der Waals surface area contributed by atoms with Crippen molar-refractivity contribution >= 4 is 44.4 Å². The minimum absolute atomic E-state index is 0.131. The van der Waals surface area contributed by atoms with Crippen molar-refractivity contribution < 1.29 is 18.8 Å². The Morgan fingerprint density at radius 2 is 2.62 bits per heavy atom. The molecule has 0 amide bonds. The molecule has 0 bridgehead atoms. The molecule has 1 saturated heterocycles. The van der Waals surface area contributed by atoms with E-state index >= 15 is 0 Å². The van der Waals surface area contributed by atoms with E-state index in [-0.39, 0.29) is 10.9 Å². The Morgan fingerprint density at radius 3 is 3.08 bits per heavy atom. The van der Waals surface area contributed by atoms with Crippen molar-refractivity contribution in [3.63, 3.8) is 0 Å². The second kappa shape index (κ2) is 5.70. The van der Waals surface area contributed by atoms with Gasteiger partial charge < -0.3 is 14.0 Å². The van der Waals surface area contributed by atoms with Gasteiger partial charge in [0.15, 0.2) is 6.10 Å². The first-order valence-corrected chi connectivity index (χ1v) is 9.32. The van der Waals surface area contributed by atoms with E-state index in [2.05, 4.69) is 22.0 Å². The Balaban J connectivity index is 2.27. The van der Waals surface area contributed by atoms with Crippen molar-refractivity contribution in [1.82, 2.24) is 0 Å². The van der Waals surface area contributed by atoms with Gasteiger partial charge in [0.25, 0.3) is 0 Å². The molecule has 3 unspecified atom stereocenters. The summed E-state index contributed by atoms with van der Waals surface area (Å²) in [5, 5.41) is 9.10. The molecular formula is C6H10IO4PS. The zero-order valence-corrected chi connectivity index (χ0v) is 10.8. The second-order valence-corrected chi connectivity index (χ2v) is 11.3. The molecule has 0 aromatic heterocycles. The lowest BCUT2D eigenvalue weighted by atomic mass is 10.2. The molecule has 1 aliphatic heterocycles. The topological polar surface area (TPSA) is 55.8 Å². The van der Waals surface area contributed by atoms with Crippen LogP contribution in [0, 0.1) is 0 Å². The molecule has 4 nitrogen and oxygen atoms in total. The fraction of sp³-hybridized carbons (Fsp3) is 0.833. The van der Waals surface area contributed by atoms with Gasteiger partial charge in [-0.05, 0) is 22.0 Å². The fourth-order valence-electron chi connectivity index (χ4n) is 1.02. The van der Waals surface area contributed by atoms with Gasteiger partial charge in [-0.3, -0.25) is 0 Å². The van der Waals surface area contributed by atoms with Gasteiger partial charge in [0.2, 0.25) is 0 Å². The predicted octanol–water partition coefficient (Wildman–Crippen LogP) is 1.70. The van der Waals surface area contributed by atoms with Crippen molar-refractivity contribution in [3.8, 4) is 0 Å². The Bertz CT molecular complexity index is 193. The van der Waals surface area contributed by atoms with Crippen LogP contribution in [-0.4, -0.2) is 36.6 Å². The molecule has 0 aromatic carbocycles. The number of esters is 1. The zero-order valence-electron chi connectivity index (χ0n) is 6.97. The Kier molecular flexibility index (Phi) is 5.25. The van der Waals surface area contributed by atoms with Crippen molar-refractivity contribution in [2.45, 2.75) is 18.6 Å². The number of aliphatic hydroxyl groups is 1. The second-order valence-electron chi connectivity index (χ2n) is 2.55. The molecule has 3 atom stereocenters. The molecule has 0 radical (unpaired) electrons. The first kappa shape index (κ1) is 12.0. The van der Waals surface area contributed by atoms with Crippen LogP contribution in [0.4, 0.5) is 0 Å². The summed E-state index contributed by atoms with van der Waals surface area (Å²) in [6.07, 6.45) is 0.146.